The average Bonchev–Trinajstić information content (AvgIpc) is 2.31. The molecule has 0 radical (unpaired) electrons. The van der Waals surface area contributed by atoms with Gasteiger partial charge in [0.15, 0.2) is 0 Å². The van der Waals surface area contributed by atoms with E-state index in [1.54, 1.807) is 0 Å². The van der Waals surface area contributed by atoms with Crippen molar-refractivity contribution in [2.75, 3.05) is 32.3 Å². The molecule has 0 aliphatic rings. The van der Waals surface area contributed by atoms with Gasteiger partial charge in [-0.25, -0.2) is 0 Å². The first kappa shape index (κ1) is 16.2. The first-order valence-electron chi connectivity index (χ1n) is 6.52. The van der Waals surface area contributed by atoms with Gasteiger partial charge in [0, 0.05) is 19.1 Å². The van der Waals surface area contributed by atoms with Crippen LogP contribution in [0.2, 0.25) is 0 Å². The molecular weight excluding hydrogens is 224 g/mol. The van der Waals surface area contributed by atoms with Gasteiger partial charge in [-0.1, -0.05) is 33.1 Å². The minimum atomic E-state index is 0.663. The van der Waals surface area contributed by atoms with Gasteiger partial charge in [0.2, 0.25) is 0 Å². The first-order valence-corrected chi connectivity index (χ1v) is 7.06. The van der Waals surface area contributed by atoms with Gasteiger partial charge in [-0.3, -0.25) is 0 Å². The van der Waals surface area contributed by atoms with Crippen LogP contribution in [0.5, 0.6) is 0 Å². The van der Waals surface area contributed by atoms with Crippen LogP contribution >= 0.6 is 11.6 Å². The van der Waals surface area contributed by atoms with Crippen LogP contribution in [0.1, 0.15) is 46.0 Å². The average molecular weight is 251 g/mol. The van der Waals surface area contributed by atoms with E-state index >= 15 is 0 Å². The molecule has 0 fully saturated rings. The Balaban J connectivity index is 2.93. The van der Waals surface area contributed by atoms with Crippen molar-refractivity contribution in [1.29, 1.82) is 0 Å². The van der Waals surface area contributed by atoms with Crippen LogP contribution in [-0.4, -0.2) is 32.3 Å². The van der Waals surface area contributed by atoms with Crippen molar-refractivity contribution in [3.8, 4) is 0 Å². The van der Waals surface area contributed by atoms with Gasteiger partial charge in [-0.15, -0.1) is 11.6 Å². The van der Waals surface area contributed by atoms with Gasteiger partial charge in [0.25, 0.3) is 0 Å². The molecule has 0 saturated heterocycles. The fourth-order valence-corrected chi connectivity index (χ4v) is 1.46. The van der Waals surface area contributed by atoms with Crippen LogP contribution in [-0.2, 0) is 9.47 Å². The largest absolute Gasteiger partial charge is 0.379 e. The molecule has 0 aromatic heterocycles. The summed E-state index contributed by atoms with van der Waals surface area (Å²) in [4.78, 5) is 0. The summed E-state index contributed by atoms with van der Waals surface area (Å²) in [6.07, 6.45) is 5.89. The van der Waals surface area contributed by atoms with Crippen molar-refractivity contribution in [3.63, 3.8) is 0 Å². The van der Waals surface area contributed by atoms with E-state index in [1.165, 1.54) is 19.3 Å². The quantitative estimate of drug-likeness (QED) is 0.387. The van der Waals surface area contributed by atoms with E-state index in [0.29, 0.717) is 5.92 Å². The topological polar surface area (TPSA) is 18.5 Å². The zero-order valence-electron chi connectivity index (χ0n) is 10.8. The monoisotopic (exact) mass is 250 g/mol. The highest BCUT2D eigenvalue weighted by Crippen LogP contribution is 2.02. The molecule has 0 aromatic carbocycles. The van der Waals surface area contributed by atoms with Gasteiger partial charge >= 0.3 is 0 Å². The van der Waals surface area contributed by atoms with E-state index in [4.69, 9.17) is 21.1 Å². The number of ether oxygens (including phenoxy) is 2. The smallest absolute Gasteiger partial charge is 0.0700 e. The highest BCUT2D eigenvalue weighted by atomic mass is 35.5. The Labute approximate surface area is 106 Å². The predicted molar refractivity (Wildman–Crippen MR) is 70.3 cm³/mol. The van der Waals surface area contributed by atoms with Crippen LogP contribution in [0.3, 0.4) is 0 Å². The summed E-state index contributed by atoms with van der Waals surface area (Å²) in [5.74, 6) is 1.44. The number of halogens is 1. The third-order valence-electron chi connectivity index (χ3n) is 2.64. The standard InChI is InChI=1S/C13H27ClO2/c1-3-13(2)12-16-11-10-15-9-7-5-4-6-8-14/h13H,3-12H2,1-2H3. The third kappa shape index (κ3) is 12.3. The molecule has 0 saturated carbocycles. The van der Waals surface area contributed by atoms with Gasteiger partial charge in [-0.05, 0) is 18.8 Å². The summed E-state index contributed by atoms with van der Waals surface area (Å²) < 4.78 is 11.0. The lowest BCUT2D eigenvalue weighted by Crippen LogP contribution is -2.10. The predicted octanol–water partition coefficient (Wildman–Crippen LogP) is 3.86. The van der Waals surface area contributed by atoms with Crippen molar-refractivity contribution in [2.24, 2.45) is 5.92 Å². The second kappa shape index (κ2) is 13.3. The van der Waals surface area contributed by atoms with E-state index in [0.717, 1.165) is 45.1 Å². The SMILES string of the molecule is CCC(C)COCCOCCCCCCCl. The van der Waals surface area contributed by atoms with Gasteiger partial charge in [0.1, 0.15) is 0 Å². The van der Waals surface area contributed by atoms with Crippen LogP contribution < -0.4 is 0 Å². The maximum atomic E-state index is 5.59. The molecular formula is C13H27ClO2. The van der Waals surface area contributed by atoms with Crippen molar-refractivity contribution >= 4 is 11.6 Å². The molecule has 0 rings (SSSR count). The Morgan fingerprint density at radius 1 is 0.938 bits per heavy atom. The maximum Gasteiger partial charge on any atom is 0.0700 e. The molecule has 0 aromatic rings. The summed E-state index contributed by atoms with van der Waals surface area (Å²) in [6, 6.07) is 0. The molecule has 0 aliphatic heterocycles. The zero-order chi connectivity index (χ0) is 12.1. The lowest BCUT2D eigenvalue weighted by molar-refractivity contribution is 0.0340. The minimum absolute atomic E-state index is 0.663. The van der Waals surface area contributed by atoms with Gasteiger partial charge < -0.3 is 9.47 Å². The molecule has 1 unspecified atom stereocenters. The van der Waals surface area contributed by atoms with E-state index in [1.807, 2.05) is 0 Å². The van der Waals surface area contributed by atoms with Crippen LogP contribution in [0.4, 0.5) is 0 Å². The molecule has 0 amide bonds. The van der Waals surface area contributed by atoms with Crippen molar-refractivity contribution in [1.82, 2.24) is 0 Å². The molecule has 1 atom stereocenters. The van der Waals surface area contributed by atoms with E-state index in [-0.39, 0.29) is 0 Å². The summed E-state index contributed by atoms with van der Waals surface area (Å²) in [5.41, 5.74) is 0. The number of unbranched alkanes of at least 4 members (excludes halogenated alkanes) is 3. The van der Waals surface area contributed by atoms with Crippen molar-refractivity contribution in [2.45, 2.75) is 46.0 Å². The second-order valence-electron chi connectivity index (χ2n) is 4.30. The molecule has 2 nitrogen and oxygen atoms in total. The Hall–Kier alpha value is 0.210. The number of alkyl halides is 1. The van der Waals surface area contributed by atoms with Crippen LogP contribution in [0.15, 0.2) is 0 Å². The number of rotatable bonds is 12. The lowest BCUT2D eigenvalue weighted by Gasteiger charge is -2.09. The van der Waals surface area contributed by atoms with Gasteiger partial charge in [0.05, 0.1) is 13.2 Å². The summed E-state index contributed by atoms with van der Waals surface area (Å²) in [7, 11) is 0. The van der Waals surface area contributed by atoms with Crippen LogP contribution in [0, 0.1) is 5.92 Å². The Bertz CT molecular complexity index is 131. The van der Waals surface area contributed by atoms with Crippen molar-refractivity contribution < 1.29 is 9.47 Å². The van der Waals surface area contributed by atoms with Gasteiger partial charge in [-0.2, -0.15) is 0 Å². The van der Waals surface area contributed by atoms with E-state index in [2.05, 4.69) is 13.8 Å². The zero-order valence-corrected chi connectivity index (χ0v) is 11.6. The molecule has 16 heavy (non-hydrogen) atoms. The fraction of sp³-hybridized carbons (Fsp3) is 1.00. The maximum absolute atomic E-state index is 5.59. The second-order valence-corrected chi connectivity index (χ2v) is 4.68. The summed E-state index contributed by atoms with van der Waals surface area (Å²) in [6.45, 7) is 7.56. The third-order valence-corrected chi connectivity index (χ3v) is 2.91. The lowest BCUT2D eigenvalue weighted by atomic mass is 10.1. The highest BCUT2D eigenvalue weighted by Gasteiger charge is 1.97. The number of hydrogen-bond acceptors (Lipinski definition) is 2. The highest BCUT2D eigenvalue weighted by molar-refractivity contribution is 6.17. The van der Waals surface area contributed by atoms with E-state index in [9.17, 15) is 0 Å². The van der Waals surface area contributed by atoms with Crippen molar-refractivity contribution in [3.05, 3.63) is 0 Å². The molecule has 98 valence electrons. The first-order chi connectivity index (χ1) is 7.81. The number of hydrogen-bond donors (Lipinski definition) is 0. The minimum Gasteiger partial charge on any atom is -0.379 e. The molecule has 0 aliphatic carbocycles. The molecule has 0 heterocycles. The molecule has 0 bridgehead atoms. The molecule has 3 heteroatoms. The summed E-state index contributed by atoms with van der Waals surface area (Å²) >= 11 is 5.59. The molecule has 0 spiro atoms. The van der Waals surface area contributed by atoms with E-state index < -0.39 is 0 Å². The van der Waals surface area contributed by atoms with Crippen LogP contribution in [0.25, 0.3) is 0 Å². The Morgan fingerprint density at radius 2 is 1.62 bits per heavy atom. The fourth-order valence-electron chi connectivity index (χ4n) is 1.27. The molecule has 0 N–H and O–H groups in total. The normalized spacial score (nSPS) is 12.9. The Kier molecular flexibility index (Phi) is 13.4. The Morgan fingerprint density at radius 3 is 2.31 bits per heavy atom. The summed E-state index contributed by atoms with van der Waals surface area (Å²) in [5, 5.41) is 0.